The summed E-state index contributed by atoms with van der Waals surface area (Å²) in [5, 5.41) is 5.77. The van der Waals surface area contributed by atoms with Gasteiger partial charge >= 0.3 is 11.8 Å². The van der Waals surface area contributed by atoms with E-state index in [1.807, 2.05) is 6.07 Å². The summed E-state index contributed by atoms with van der Waals surface area (Å²) in [5.41, 5.74) is 1.89. The van der Waals surface area contributed by atoms with Gasteiger partial charge in [-0.15, -0.1) is 0 Å². The molecule has 1 aromatic heterocycles. The van der Waals surface area contributed by atoms with E-state index in [-0.39, 0.29) is 17.3 Å². The van der Waals surface area contributed by atoms with E-state index in [9.17, 15) is 18.4 Å². The van der Waals surface area contributed by atoms with E-state index < -0.39 is 23.4 Å². The maximum absolute atomic E-state index is 13.7. The van der Waals surface area contributed by atoms with Gasteiger partial charge in [0.05, 0.1) is 11.2 Å². The smallest absolute Gasteiger partial charge is 0.313 e. The van der Waals surface area contributed by atoms with Crippen LogP contribution in [-0.2, 0) is 16.1 Å². The molecule has 1 saturated heterocycles. The van der Waals surface area contributed by atoms with Gasteiger partial charge in [0.1, 0.15) is 0 Å². The maximum atomic E-state index is 13.7. The highest BCUT2D eigenvalue weighted by Gasteiger charge is 2.43. The van der Waals surface area contributed by atoms with Gasteiger partial charge in [0.2, 0.25) is 0 Å². The lowest BCUT2D eigenvalue weighted by Crippen LogP contribution is -2.59. The van der Waals surface area contributed by atoms with E-state index in [2.05, 4.69) is 44.8 Å². The quantitative estimate of drug-likeness (QED) is 0.467. The Hall–Kier alpha value is -3.26. The van der Waals surface area contributed by atoms with Crippen molar-refractivity contribution < 1.29 is 18.4 Å². The summed E-state index contributed by atoms with van der Waals surface area (Å²) in [5.74, 6) is -3.53. The molecule has 1 aliphatic carbocycles. The Labute approximate surface area is 203 Å². The Kier molecular flexibility index (Phi) is 6.56. The SMILES string of the molecule is O=C(Nc1c[nH]c2cc(F)c(F)cc12)C(=O)NC1CCN(Cc2ccccc2)C2(CCCCC2)C1. The van der Waals surface area contributed by atoms with Gasteiger partial charge in [0, 0.05) is 42.3 Å². The largest absolute Gasteiger partial charge is 0.359 e. The summed E-state index contributed by atoms with van der Waals surface area (Å²) in [6.45, 7) is 1.74. The van der Waals surface area contributed by atoms with Crippen LogP contribution in [0.15, 0.2) is 48.7 Å². The summed E-state index contributed by atoms with van der Waals surface area (Å²) in [6, 6.07) is 12.4. The van der Waals surface area contributed by atoms with Crippen molar-refractivity contribution in [1.82, 2.24) is 15.2 Å². The monoisotopic (exact) mass is 480 g/mol. The third-order valence-electron chi connectivity index (χ3n) is 7.56. The Morgan fingerprint density at radius 3 is 2.54 bits per heavy atom. The zero-order chi connectivity index (χ0) is 24.4. The molecule has 35 heavy (non-hydrogen) atoms. The molecule has 3 N–H and O–H groups in total. The number of aromatic amines is 1. The van der Waals surface area contributed by atoms with Crippen LogP contribution in [-0.4, -0.2) is 39.8 Å². The third-order valence-corrected chi connectivity index (χ3v) is 7.56. The number of halogens is 2. The molecule has 2 aromatic carbocycles. The van der Waals surface area contributed by atoms with Crippen molar-refractivity contribution in [2.45, 2.75) is 63.1 Å². The number of carbonyl (C=O) groups is 2. The number of nitrogens with zero attached hydrogens (tertiary/aromatic N) is 1. The van der Waals surface area contributed by atoms with E-state index in [0.29, 0.717) is 10.9 Å². The first-order valence-corrected chi connectivity index (χ1v) is 12.3. The summed E-state index contributed by atoms with van der Waals surface area (Å²) in [7, 11) is 0. The molecular weight excluding hydrogens is 450 g/mol. The van der Waals surface area contributed by atoms with Crippen LogP contribution >= 0.6 is 0 Å². The normalized spacial score (nSPS) is 20.1. The molecule has 2 aliphatic rings. The van der Waals surface area contributed by atoms with Crippen LogP contribution in [0.25, 0.3) is 10.9 Å². The minimum atomic E-state index is -1.02. The second kappa shape index (κ2) is 9.77. The van der Waals surface area contributed by atoms with Gasteiger partial charge in [-0.3, -0.25) is 14.5 Å². The molecular formula is C27H30F2N4O2. The van der Waals surface area contributed by atoms with Gasteiger partial charge in [-0.05, 0) is 37.3 Å². The molecule has 1 unspecified atom stereocenters. The van der Waals surface area contributed by atoms with Crippen LogP contribution in [0.3, 0.4) is 0 Å². The van der Waals surface area contributed by atoms with Crippen LogP contribution in [0.5, 0.6) is 0 Å². The van der Waals surface area contributed by atoms with Gasteiger partial charge in [0.15, 0.2) is 11.6 Å². The lowest BCUT2D eigenvalue weighted by Gasteiger charge is -2.52. The van der Waals surface area contributed by atoms with E-state index in [1.54, 1.807) is 0 Å². The zero-order valence-electron chi connectivity index (χ0n) is 19.6. The standard InChI is InChI=1S/C27H30F2N4O2/c28-21-13-20-23(14-22(21)29)30-16-24(20)32-26(35)25(34)31-19-9-12-33(17-18-7-3-1-4-8-18)27(15-19)10-5-2-6-11-27/h1,3-4,7-8,13-14,16,19,30H,2,5-6,9-12,15,17H2,(H,31,34)(H,32,35). The molecule has 8 heteroatoms. The Bertz CT molecular complexity index is 1220. The number of likely N-dealkylation sites (tertiary alicyclic amines) is 1. The maximum Gasteiger partial charge on any atom is 0.313 e. The first kappa shape index (κ1) is 23.5. The number of benzene rings is 2. The van der Waals surface area contributed by atoms with Crippen LogP contribution in [0.4, 0.5) is 14.5 Å². The van der Waals surface area contributed by atoms with Gasteiger partial charge in [-0.25, -0.2) is 8.78 Å². The molecule has 1 aliphatic heterocycles. The summed E-state index contributed by atoms with van der Waals surface area (Å²) in [4.78, 5) is 30.8. The first-order chi connectivity index (χ1) is 16.9. The predicted octanol–water partition coefficient (Wildman–Crippen LogP) is 4.87. The van der Waals surface area contributed by atoms with Crippen molar-refractivity contribution in [2.75, 3.05) is 11.9 Å². The second-order valence-corrected chi connectivity index (χ2v) is 9.82. The lowest BCUT2D eigenvalue weighted by molar-refractivity contribution is -0.137. The minimum absolute atomic E-state index is 0.0270. The topological polar surface area (TPSA) is 77.2 Å². The molecule has 1 saturated carbocycles. The first-order valence-electron chi connectivity index (χ1n) is 12.3. The molecule has 1 spiro atoms. The number of H-pyrrole nitrogens is 1. The highest BCUT2D eigenvalue weighted by atomic mass is 19.2. The van der Waals surface area contributed by atoms with Crippen molar-refractivity contribution in [2.24, 2.45) is 0 Å². The average molecular weight is 481 g/mol. The van der Waals surface area contributed by atoms with E-state index in [4.69, 9.17) is 0 Å². The molecule has 2 amide bonds. The van der Waals surface area contributed by atoms with E-state index in [0.717, 1.165) is 50.9 Å². The summed E-state index contributed by atoms with van der Waals surface area (Å²) in [6.07, 6.45) is 8.77. The molecule has 0 bridgehead atoms. The molecule has 6 nitrogen and oxygen atoms in total. The van der Waals surface area contributed by atoms with Gasteiger partial charge in [-0.2, -0.15) is 0 Å². The Morgan fingerprint density at radius 1 is 1.03 bits per heavy atom. The zero-order valence-corrected chi connectivity index (χ0v) is 19.6. The number of amides is 2. The fourth-order valence-corrected chi connectivity index (χ4v) is 5.79. The molecule has 1 atom stereocenters. The molecule has 3 aromatic rings. The summed E-state index contributed by atoms with van der Waals surface area (Å²) >= 11 is 0. The van der Waals surface area contributed by atoms with Crippen LogP contribution in [0.2, 0.25) is 0 Å². The molecule has 0 radical (unpaired) electrons. The van der Waals surface area contributed by atoms with Crippen molar-refractivity contribution in [3.05, 3.63) is 65.9 Å². The molecule has 2 fully saturated rings. The van der Waals surface area contributed by atoms with Crippen molar-refractivity contribution in [3.8, 4) is 0 Å². The predicted molar refractivity (Wildman–Crippen MR) is 131 cm³/mol. The number of carbonyl (C=O) groups excluding carboxylic acids is 2. The molecule has 184 valence electrons. The van der Waals surface area contributed by atoms with Gasteiger partial charge in [0.25, 0.3) is 0 Å². The highest BCUT2D eigenvalue weighted by Crippen LogP contribution is 2.41. The number of rotatable bonds is 4. The number of hydrogen-bond acceptors (Lipinski definition) is 3. The fraction of sp³-hybridized carbons (Fsp3) is 0.407. The van der Waals surface area contributed by atoms with E-state index >= 15 is 0 Å². The number of hydrogen-bond donors (Lipinski definition) is 3. The number of aromatic nitrogens is 1. The second-order valence-electron chi connectivity index (χ2n) is 9.82. The number of fused-ring (bicyclic) bond motifs is 1. The number of piperidine rings is 1. The Morgan fingerprint density at radius 2 is 1.77 bits per heavy atom. The van der Waals surface area contributed by atoms with Crippen molar-refractivity contribution in [3.63, 3.8) is 0 Å². The third kappa shape index (κ3) is 4.93. The number of anilines is 1. The van der Waals surface area contributed by atoms with Crippen LogP contribution in [0, 0.1) is 11.6 Å². The van der Waals surface area contributed by atoms with Gasteiger partial charge in [-0.1, -0.05) is 49.6 Å². The van der Waals surface area contributed by atoms with Crippen LogP contribution in [0.1, 0.15) is 50.5 Å². The van der Waals surface area contributed by atoms with E-state index in [1.165, 1.54) is 31.0 Å². The Balaban J connectivity index is 1.25. The average Bonchev–Trinajstić information content (AvgIpc) is 3.23. The highest BCUT2D eigenvalue weighted by molar-refractivity contribution is 6.40. The minimum Gasteiger partial charge on any atom is -0.359 e. The van der Waals surface area contributed by atoms with Gasteiger partial charge < -0.3 is 15.6 Å². The summed E-state index contributed by atoms with van der Waals surface area (Å²) < 4.78 is 27.1. The number of nitrogens with one attached hydrogen (secondary N) is 3. The lowest BCUT2D eigenvalue weighted by atomic mass is 9.73. The molecule has 2 heterocycles. The molecule has 5 rings (SSSR count). The van der Waals surface area contributed by atoms with Crippen LogP contribution < -0.4 is 10.6 Å². The van der Waals surface area contributed by atoms with Crippen molar-refractivity contribution in [1.29, 1.82) is 0 Å². The van der Waals surface area contributed by atoms with Crippen molar-refractivity contribution >= 4 is 28.4 Å². The fourth-order valence-electron chi connectivity index (χ4n) is 5.79.